The van der Waals surface area contributed by atoms with E-state index in [9.17, 15) is 4.79 Å². The van der Waals surface area contributed by atoms with Crippen molar-refractivity contribution in [3.05, 3.63) is 42.1 Å². The summed E-state index contributed by atoms with van der Waals surface area (Å²) in [5, 5.41) is 4.32. The Morgan fingerprint density at radius 1 is 1.30 bits per heavy atom. The van der Waals surface area contributed by atoms with Crippen molar-refractivity contribution in [2.75, 3.05) is 13.6 Å². The molecule has 0 bridgehead atoms. The fourth-order valence-corrected chi connectivity index (χ4v) is 2.03. The zero-order chi connectivity index (χ0) is 14.5. The van der Waals surface area contributed by atoms with Crippen LogP contribution in [0.5, 0.6) is 0 Å². The monoisotopic (exact) mass is 271 g/mol. The Labute approximate surface area is 119 Å². The van der Waals surface area contributed by atoms with E-state index >= 15 is 0 Å². The van der Waals surface area contributed by atoms with Gasteiger partial charge in [-0.3, -0.25) is 9.78 Å². The molecule has 4 nitrogen and oxygen atoms in total. The van der Waals surface area contributed by atoms with E-state index in [0.29, 0.717) is 13.1 Å². The predicted molar refractivity (Wildman–Crippen MR) is 81.4 cm³/mol. The lowest BCUT2D eigenvalue weighted by Crippen LogP contribution is -2.39. The Hall–Kier alpha value is -1.94. The maximum atomic E-state index is 11.9. The topological polar surface area (TPSA) is 45.2 Å². The number of likely N-dealkylation sites (N-methyl/N-ethyl adjacent to an activating group) is 1. The third-order valence-corrected chi connectivity index (χ3v) is 3.48. The fourth-order valence-electron chi connectivity index (χ4n) is 2.03. The highest BCUT2D eigenvalue weighted by Gasteiger charge is 2.11. The lowest BCUT2D eigenvalue weighted by Gasteiger charge is -2.21. The van der Waals surface area contributed by atoms with Crippen molar-refractivity contribution >= 4 is 16.8 Å². The summed E-state index contributed by atoms with van der Waals surface area (Å²) < 4.78 is 0. The third-order valence-electron chi connectivity index (χ3n) is 3.48. The van der Waals surface area contributed by atoms with Crippen molar-refractivity contribution in [2.24, 2.45) is 0 Å². The first kappa shape index (κ1) is 14.5. The van der Waals surface area contributed by atoms with E-state index in [2.05, 4.69) is 10.3 Å². The van der Waals surface area contributed by atoms with E-state index in [0.717, 1.165) is 16.5 Å². The molecule has 2 rings (SSSR count). The lowest BCUT2D eigenvalue weighted by molar-refractivity contribution is -0.130. The van der Waals surface area contributed by atoms with Crippen LogP contribution in [-0.2, 0) is 11.3 Å². The highest BCUT2D eigenvalue weighted by molar-refractivity contribution is 5.81. The molecule has 106 valence electrons. The number of fused-ring (bicyclic) bond motifs is 1. The van der Waals surface area contributed by atoms with E-state index in [1.165, 1.54) is 0 Å². The molecule has 0 unspecified atom stereocenters. The number of hydrogen-bond acceptors (Lipinski definition) is 3. The minimum Gasteiger partial charge on any atom is -0.342 e. The van der Waals surface area contributed by atoms with Crippen LogP contribution in [0.15, 0.2) is 36.5 Å². The average Bonchev–Trinajstić information content (AvgIpc) is 2.46. The molecule has 0 atom stereocenters. The van der Waals surface area contributed by atoms with Crippen molar-refractivity contribution in [1.82, 2.24) is 15.2 Å². The molecule has 1 aromatic carbocycles. The number of rotatable bonds is 5. The summed E-state index contributed by atoms with van der Waals surface area (Å²) in [7, 11) is 1.83. The Bertz CT molecular complexity index is 590. The van der Waals surface area contributed by atoms with E-state index in [4.69, 9.17) is 0 Å². The fraction of sp³-hybridized carbons (Fsp3) is 0.375. The van der Waals surface area contributed by atoms with Crippen molar-refractivity contribution < 1.29 is 4.79 Å². The number of aromatic nitrogens is 1. The highest BCUT2D eigenvalue weighted by Crippen LogP contribution is 2.15. The molecule has 1 N–H and O–H groups in total. The van der Waals surface area contributed by atoms with Crippen LogP contribution in [0.2, 0.25) is 0 Å². The molecular weight excluding hydrogens is 250 g/mol. The van der Waals surface area contributed by atoms with Gasteiger partial charge in [0.05, 0.1) is 12.1 Å². The molecule has 1 aromatic heterocycles. The van der Waals surface area contributed by atoms with E-state index in [1.54, 1.807) is 11.1 Å². The minimum absolute atomic E-state index is 0.105. The first-order valence-corrected chi connectivity index (χ1v) is 6.88. The molecule has 0 fully saturated rings. The molecule has 1 amide bonds. The molecule has 0 aliphatic heterocycles. The van der Waals surface area contributed by atoms with E-state index < -0.39 is 0 Å². The van der Waals surface area contributed by atoms with Crippen molar-refractivity contribution in [1.29, 1.82) is 0 Å². The summed E-state index contributed by atoms with van der Waals surface area (Å²) in [6.07, 6.45) is 1.80. The highest BCUT2D eigenvalue weighted by atomic mass is 16.2. The van der Waals surface area contributed by atoms with Crippen molar-refractivity contribution in [3.63, 3.8) is 0 Å². The Morgan fingerprint density at radius 3 is 2.80 bits per heavy atom. The Morgan fingerprint density at radius 2 is 2.05 bits per heavy atom. The van der Waals surface area contributed by atoms with Gasteiger partial charge >= 0.3 is 0 Å². The maximum absolute atomic E-state index is 11.9. The predicted octanol–water partition coefficient (Wildman–Crippen LogP) is 2.19. The van der Waals surface area contributed by atoms with Crippen LogP contribution in [0.1, 0.15) is 19.4 Å². The number of nitrogens with zero attached hydrogens (tertiary/aromatic N) is 2. The zero-order valence-corrected chi connectivity index (χ0v) is 12.3. The molecule has 1 heterocycles. The zero-order valence-electron chi connectivity index (χ0n) is 12.3. The summed E-state index contributed by atoms with van der Waals surface area (Å²) in [6.45, 7) is 5.00. The van der Waals surface area contributed by atoms with Gasteiger partial charge in [0, 0.05) is 31.2 Å². The SMILES string of the molecule is CC(C)N(C)C(=O)CNCc1cccc2cccnc12. The van der Waals surface area contributed by atoms with Gasteiger partial charge in [-0.15, -0.1) is 0 Å². The third kappa shape index (κ3) is 3.33. The number of pyridine rings is 1. The molecular formula is C16H21N3O. The van der Waals surface area contributed by atoms with Crippen LogP contribution in [0.3, 0.4) is 0 Å². The largest absolute Gasteiger partial charge is 0.342 e. The van der Waals surface area contributed by atoms with Gasteiger partial charge in [-0.1, -0.05) is 24.3 Å². The Balaban J connectivity index is 1.98. The maximum Gasteiger partial charge on any atom is 0.236 e. The normalized spacial score (nSPS) is 11.0. The van der Waals surface area contributed by atoms with Crippen LogP contribution in [-0.4, -0.2) is 35.4 Å². The molecule has 0 radical (unpaired) electrons. The molecule has 0 saturated carbocycles. The molecule has 4 heteroatoms. The number of carbonyl (C=O) groups excluding carboxylic acids is 1. The van der Waals surface area contributed by atoms with Crippen LogP contribution in [0.25, 0.3) is 10.9 Å². The van der Waals surface area contributed by atoms with E-state index in [1.807, 2.05) is 51.2 Å². The number of amides is 1. The minimum atomic E-state index is 0.105. The molecule has 0 aliphatic carbocycles. The van der Waals surface area contributed by atoms with Crippen LogP contribution in [0.4, 0.5) is 0 Å². The van der Waals surface area contributed by atoms with Crippen LogP contribution in [0, 0.1) is 0 Å². The van der Waals surface area contributed by atoms with Gasteiger partial charge in [0.25, 0.3) is 0 Å². The molecule has 0 spiro atoms. The van der Waals surface area contributed by atoms with Gasteiger partial charge in [0.2, 0.25) is 5.91 Å². The standard InChI is InChI=1S/C16H21N3O/c1-12(2)19(3)15(20)11-17-10-14-7-4-6-13-8-5-9-18-16(13)14/h4-9,12,17H,10-11H2,1-3H3. The summed E-state index contributed by atoms with van der Waals surface area (Å²) in [5.41, 5.74) is 2.11. The lowest BCUT2D eigenvalue weighted by atomic mass is 10.1. The number of benzene rings is 1. The van der Waals surface area contributed by atoms with Gasteiger partial charge in [-0.25, -0.2) is 0 Å². The van der Waals surface area contributed by atoms with Crippen molar-refractivity contribution in [3.8, 4) is 0 Å². The van der Waals surface area contributed by atoms with Gasteiger partial charge in [-0.2, -0.15) is 0 Å². The number of carbonyl (C=O) groups is 1. The second-order valence-electron chi connectivity index (χ2n) is 5.19. The second-order valence-corrected chi connectivity index (χ2v) is 5.19. The molecule has 20 heavy (non-hydrogen) atoms. The smallest absolute Gasteiger partial charge is 0.236 e. The van der Waals surface area contributed by atoms with E-state index in [-0.39, 0.29) is 11.9 Å². The van der Waals surface area contributed by atoms with Crippen molar-refractivity contribution in [2.45, 2.75) is 26.4 Å². The van der Waals surface area contributed by atoms with Gasteiger partial charge in [-0.05, 0) is 25.5 Å². The number of hydrogen-bond donors (Lipinski definition) is 1. The molecule has 0 saturated heterocycles. The number of para-hydroxylation sites is 1. The second kappa shape index (κ2) is 6.48. The molecule has 0 aliphatic rings. The number of nitrogens with one attached hydrogen (secondary N) is 1. The first-order valence-electron chi connectivity index (χ1n) is 6.88. The molecule has 2 aromatic rings. The summed E-state index contributed by atoms with van der Waals surface area (Å²) in [4.78, 5) is 18.0. The first-order chi connectivity index (χ1) is 9.59. The summed E-state index contributed by atoms with van der Waals surface area (Å²) in [6, 6.07) is 10.3. The average molecular weight is 271 g/mol. The Kier molecular flexibility index (Phi) is 4.69. The quantitative estimate of drug-likeness (QED) is 0.906. The van der Waals surface area contributed by atoms with Crippen LogP contribution < -0.4 is 5.32 Å². The van der Waals surface area contributed by atoms with Gasteiger partial charge in [0.1, 0.15) is 0 Å². The van der Waals surface area contributed by atoms with Gasteiger partial charge in [0.15, 0.2) is 0 Å². The van der Waals surface area contributed by atoms with Gasteiger partial charge < -0.3 is 10.2 Å². The summed E-state index contributed by atoms with van der Waals surface area (Å²) >= 11 is 0. The van der Waals surface area contributed by atoms with Crippen LogP contribution >= 0.6 is 0 Å². The summed E-state index contributed by atoms with van der Waals surface area (Å²) in [5.74, 6) is 0.105.